The molecule has 0 spiro atoms. The lowest BCUT2D eigenvalue weighted by Gasteiger charge is -2.34. The average Bonchev–Trinajstić information content (AvgIpc) is 3.18. The summed E-state index contributed by atoms with van der Waals surface area (Å²) >= 11 is 0. The molecule has 0 atom stereocenters. The number of carbonyl (C=O) groups is 1. The number of hydrazine groups is 1. The summed E-state index contributed by atoms with van der Waals surface area (Å²) < 4.78 is 38.5. The minimum Gasteiger partial charge on any atom is -0.346 e. The van der Waals surface area contributed by atoms with E-state index in [-0.39, 0.29) is 18.4 Å². The van der Waals surface area contributed by atoms with Crippen molar-refractivity contribution in [3.05, 3.63) is 23.5 Å². The molecule has 3 rings (SSSR count). The highest BCUT2D eigenvalue weighted by molar-refractivity contribution is 5.87. The van der Waals surface area contributed by atoms with Crippen LogP contribution in [0.3, 0.4) is 0 Å². The van der Waals surface area contributed by atoms with Crippen LogP contribution in [0.5, 0.6) is 0 Å². The third-order valence-electron chi connectivity index (χ3n) is 5.57. The maximum absolute atomic E-state index is 12.8. The van der Waals surface area contributed by atoms with Crippen LogP contribution in [0.25, 0.3) is 5.70 Å². The summed E-state index contributed by atoms with van der Waals surface area (Å²) in [4.78, 5) is 24.2. The molecule has 30 heavy (non-hydrogen) atoms. The standard InChI is InChI=1S/C19H26F3N7O/c1-25-16(17-14-6-7-26-18(14)27-11-29(17)24)13-4-2-12(3-5-13)9-28(15(30)8-23)10-19(20,21)22/h6-7,11-13,26H,1-5,8-10,23-24H2/b17-16-/t12-,13-. The lowest BCUT2D eigenvalue weighted by Crippen LogP contribution is -2.45. The second-order valence-corrected chi connectivity index (χ2v) is 7.59. The number of allylic oxidation sites excluding steroid dienone is 1. The van der Waals surface area contributed by atoms with Crippen LogP contribution < -0.4 is 11.6 Å². The number of fused-ring (bicyclic) bond motifs is 1. The number of aromatic amines is 1. The van der Waals surface area contributed by atoms with E-state index in [1.165, 1.54) is 11.3 Å². The first kappa shape index (κ1) is 22.0. The number of nitrogens with one attached hydrogen (secondary N) is 1. The van der Waals surface area contributed by atoms with Crippen molar-refractivity contribution in [2.75, 3.05) is 19.6 Å². The molecule has 2 aliphatic rings. The fourth-order valence-corrected chi connectivity index (χ4v) is 4.17. The number of nitrogens with two attached hydrogens (primary N) is 2. The van der Waals surface area contributed by atoms with Gasteiger partial charge >= 0.3 is 6.18 Å². The predicted octanol–water partition coefficient (Wildman–Crippen LogP) is 2.39. The highest BCUT2D eigenvalue weighted by Gasteiger charge is 2.35. The Labute approximate surface area is 172 Å². The van der Waals surface area contributed by atoms with Crippen molar-refractivity contribution in [3.63, 3.8) is 0 Å². The van der Waals surface area contributed by atoms with Gasteiger partial charge in [-0.2, -0.15) is 13.2 Å². The molecule has 0 saturated heterocycles. The average molecular weight is 425 g/mol. The summed E-state index contributed by atoms with van der Waals surface area (Å²) in [6.07, 6.45) is 1.58. The Morgan fingerprint density at radius 1 is 1.37 bits per heavy atom. The molecule has 1 aliphatic heterocycles. The SMILES string of the molecule is C=N/C(=C1/c2cc[nH]c2N=CN1N)[C@H]1CC[C@H](CN(CC(F)(F)F)C(=O)CN)CC1. The van der Waals surface area contributed by atoms with Crippen molar-refractivity contribution in [1.82, 2.24) is 14.9 Å². The number of carbonyl (C=O) groups excluding carboxylic acids is 1. The summed E-state index contributed by atoms with van der Waals surface area (Å²) in [5.74, 6) is 6.13. The first-order valence-electron chi connectivity index (χ1n) is 9.74. The number of amides is 1. The van der Waals surface area contributed by atoms with Crippen LogP contribution in [0.4, 0.5) is 19.0 Å². The van der Waals surface area contributed by atoms with Gasteiger partial charge in [-0.05, 0) is 44.4 Å². The molecule has 5 N–H and O–H groups in total. The smallest absolute Gasteiger partial charge is 0.346 e. The molecule has 2 heterocycles. The van der Waals surface area contributed by atoms with Crippen molar-refractivity contribution in [2.24, 2.45) is 33.4 Å². The second kappa shape index (κ2) is 9.00. The molecular formula is C19H26F3N7O. The number of nitrogens with zero attached hydrogens (tertiary/aromatic N) is 4. The van der Waals surface area contributed by atoms with Gasteiger partial charge in [0.15, 0.2) is 0 Å². The Morgan fingerprint density at radius 3 is 2.67 bits per heavy atom. The Bertz CT molecular complexity index is 837. The zero-order valence-corrected chi connectivity index (χ0v) is 16.5. The summed E-state index contributed by atoms with van der Waals surface area (Å²) in [5.41, 5.74) is 7.58. The Balaban J connectivity index is 1.71. The normalized spacial score (nSPS) is 23.2. The van der Waals surface area contributed by atoms with Crippen LogP contribution >= 0.6 is 0 Å². The van der Waals surface area contributed by atoms with E-state index < -0.39 is 25.2 Å². The van der Waals surface area contributed by atoms with Gasteiger partial charge in [-0.15, -0.1) is 0 Å². The largest absolute Gasteiger partial charge is 0.406 e. The molecule has 0 unspecified atom stereocenters. The molecule has 11 heteroatoms. The highest BCUT2D eigenvalue weighted by atomic mass is 19.4. The third kappa shape index (κ3) is 4.90. The van der Waals surface area contributed by atoms with E-state index in [2.05, 4.69) is 21.7 Å². The highest BCUT2D eigenvalue weighted by Crippen LogP contribution is 2.40. The van der Waals surface area contributed by atoms with Gasteiger partial charge in [0.25, 0.3) is 0 Å². The van der Waals surface area contributed by atoms with Crippen LogP contribution in [0.2, 0.25) is 0 Å². The molecule has 0 radical (unpaired) electrons. The van der Waals surface area contributed by atoms with Gasteiger partial charge in [-0.3, -0.25) is 14.8 Å². The number of halogens is 3. The van der Waals surface area contributed by atoms with E-state index in [0.717, 1.165) is 21.9 Å². The molecular weight excluding hydrogens is 399 g/mol. The van der Waals surface area contributed by atoms with Gasteiger partial charge < -0.3 is 15.6 Å². The van der Waals surface area contributed by atoms with Gasteiger partial charge in [0.05, 0.1) is 17.9 Å². The fraction of sp³-hybridized carbons (Fsp3) is 0.526. The topological polar surface area (TPSA) is 116 Å². The number of aliphatic imine (C=N–C) groups is 2. The molecule has 1 fully saturated rings. The van der Waals surface area contributed by atoms with E-state index in [1.807, 2.05) is 6.07 Å². The number of aromatic nitrogens is 1. The van der Waals surface area contributed by atoms with Crippen molar-refractivity contribution >= 4 is 30.5 Å². The first-order chi connectivity index (χ1) is 14.2. The van der Waals surface area contributed by atoms with Crippen LogP contribution in [-0.4, -0.2) is 59.7 Å². The Kier molecular flexibility index (Phi) is 6.61. The second-order valence-electron chi connectivity index (χ2n) is 7.59. The van der Waals surface area contributed by atoms with Gasteiger partial charge in [-0.25, -0.2) is 10.8 Å². The lowest BCUT2D eigenvalue weighted by molar-refractivity contribution is -0.161. The van der Waals surface area contributed by atoms with Crippen LogP contribution in [0.15, 0.2) is 27.9 Å². The summed E-state index contributed by atoms with van der Waals surface area (Å²) in [6.45, 7) is 2.05. The number of alkyl halides is 3. The number of H-pyrrole nitrogens is 1. The number of hydrogen-bond donors (Lipinski definition) is 3. The molecule has 1 saturated carbocycles. The Hall–Kier alpha value is -2.66. The molecule has 0 aromatic carbocycles. The molecule has 1 aromatic rings. The van der Waals surface area contributed by atoms with E-state index in [0.29, 0.717) is 31.5 Å². The van der Waals surface area contributed by atoms with Crippen LogP contribution in [0, 0.1) is 11.8 Å². The van der Waals surface area contributed by atoms with Crippen LogP contribution in [-0.2, 0) is 4.79 Å². The number of hydrogen-bond acceptors (Lipinski definition) is 6. The van der Waals surface area contributed by atoms with Gasteiger partial charge in [0, 0.05) is 24.2 Å². The molecule has 1 aliphatic carbocycles. The zero-order chi connectivity index (χ0) is 21.9. The number of rotatable bonds is 6. The molecule has 1 aromatic heterocycles. The van der Waals surface area contributed by atoms with Gasteiger partial charge in [0.2, 0.25) is 5.91 Å². The van der Waals surface area contributed by atoms with Crippen molar-refractivity contribution in [2.45, 2.75) is 31.9 Å². The summed E-state index contributed by atoms with van der Waals surface area (Å²) in [6, 6.07) is 1.87. The minimum absolute atomic E-state index is 0.0279. The maximum Gasteiger partial charge on any atom is 0.406 e. The van der Waals surface area contributed by atoms with E-state index in [9.17, 15) is 18.0 Å². The van der Waals surface area contributed by atoms with Gasteiger partial charge in [0.1, 0.15) is 18.7 Å². The van der Waals surface area contributed by atoms with Gasteiger partial charge in [-0.1, -0.05) is 0 Å². The first-order valence-corrected chi connectivity index (χ1v) is 9.74. The van der Waals surface area contributed by atoms with Crippen molar-refractivity contribution in [1.29, 1.82) is 0 Å². The molecule has 8 nitrogen and oxygen atoms in total. The molecule has 1 amide bonds. The van der Waals surface area contributed by atoms with Crippen molar-refractivity contribution < 1.29 is 18.0 Å². The fourth-order valence-electron chi connectivity index (χ4n) is 4.17. The van der Waals surface area contributed by atoms with E-state index in [1.54, 1.807) is 6.20 Å². The summed E-state index contributed by atoms with van der Waals surface area (Å²) in [7, 11) is 0. The summed E-state index contributed by atoms with van der Waals surface area (Å²) in [5, 5.41) is 1.41. The third-order valence-corrected chi connectivity index (χ3v) is 5.57. The van der Waals surface area contributed by atoms with Crippen LogP contribution in [0.1, 0.15) is 31.2 Å². The van der Waals surface area contributed by atoms with E-state index >= 15 is 0 Å². The Morgan fingerprint density at radius 2 is 2.07 bits per heavy atom. The maximum atomic E-state index is 12.8. The molecule has 0 bridgehead atoms. The molecule has 164 valence electrons. The minimum atomic E-state index is -4.45. The van der Waals surface area contributed by atoms with E-state index in [4.69, 9.17) is 11.6 Å². The quantitative estimate of drug-likeness (QED) is 0.479. The predicted molar refractivity (Wildman–Crippen MR) is 109 cm³/mol. The lowest BCUT2D eigenvalue weighted by atomic mass is 9.79. The monoisotopic (exact) mass is 425 g/mol. The zero-order valence-electron chi connectivity index (χ0n) is 16.5. The van der Waals surface area contributed by atoms with Crippen molar-refractivity contribution in [3.8, 4) is 0 Å².